The molecule has 5 rings (SSSR count). The van der Waals surface area contributed by atoms with E-state index in [1.807, 2.05) is 6.07 Å². The second-order valence-corrected chi connectivity index (χ2v) is 11.2. The second-order valence-electron chi connectivity index (χ2n) is 9.80. The Balaban J connectivity index is 1.30. The van der Waals surface area contributed by atoms with Gasteiger partial charge in [-0.25, -0.2) is 9.37 Å². The number of hydrogen-bond donors (Lipinski definition) is 2. The summed E-state index contributed by atoms with van der Waals surface area (Å²) in [5, 5.41) is 4.07. The Morgan fingerprint density at radius 2 is 1.81 bits per heavy atom. The maximum absolute atomic E-state index is 14.8. The van der Waals surface area contributed by atoms with Crippen molar-refractivity contribution in [2.45, 2.75) is 69.1 Å². The number of H-pyrrole nitrogens is 1. The van der Waals surface area contributed by atoms with E-state index in [9.17, 15) is 8.60 Å². The number of halogens is 1. The van der Waals surface area contributed by atoms with Crippen molar-refractivity contribution in [1.82, 2.24) is 20.2 Å². The molecule has 1 aromatic carbocycles. The molecule has 4 atom stereocenters. The van der Waals surface area contributed by atoms with Crippen LogP contribution in [0.2, 0.25) is 0 Å². The van der Waals surface area contributed by atoms with Crippen molar-refractivity contribution in [2.75, 3.05) is 43.4 Å². The van der Waals surface area contributed by atoms with Crippen LogP contribution in [0.5, 0.6) is 0 Å². The summed E-state index contributed by atoms with van der Waals surface area (Å²) in [5.41, 5.74) is 1.95. The first-order valence-electron chi connectivity index (χ1n) is 12.4. The number of likely N-dealkylation sites (tertiary alicyclic amines) is 1. The number of nitrogens with zero attached hydrogens (tertiary/aromatic N) is 3. The van der Waals surface area contributed by atoms with Gasteiger partial charge in [-0.05, 0) is 70.1 Å². The first-order chi connectivity index (χ1) is 15.6. The third-order valence-corrected chi connectivity index (χ3v) is 9.01. The molecule has 6 nitrogen and oxygen atoms in total. The number of rotatable bonds is 5. The van der Waals surface area contributed by atoms with E-state index in [1.54, 1.807) is 0 Å². The molecule has 0 amide bonds. The maximum atomic E-state index is 14.8. The van der Waals surface area contributed by atoms with Gasteiger partial charge in [0.1, 0.15) is 5.82 Å². The molecule has 3 saturated heterocycles. The number of anilines is 1. The lowest BCUT2D eigenvalue weighted by Crippen LogP contribution is -2.56. The highest BCUT2D eigenvalue weighted by Gasteiger charge is 2.35. The number of hydrogen-bond acceptors (Lipinski definition) is 5. The fourth-order valence-corrected chi connectivity index (χ4v) is 7.16. The third kappa shape index (κ3) is 4.59. The highest BCUT2D eigenvalue weighted by Crippen LogP contribution is 2.29. The molecule has 3 fully saturated rings. The van der Waals surface area contributed by atoms with Gasteiger partial charge in [-0.15, -0.1) is 0 Å². The average molecular weight is 462 g/mol. The lowest BCUT2D eigenvalue weighted by Gasteiger charge is -2.44. The van der Waals surface area contributed by atoms with Crippen LogP contribution in [-0.4, -0.2) is 69.6 Å². The summed E-state index contributed by atoms with van der Waals surface area (Å²) in [5.74, 6) is 0.748. The summed E-state index contributed by atoms with van der Waals surface area (Å²) in [6.45, 7) is 7.42. The van der Waals surface area contributed by atoms with Gasteiger partial charge in [-0.2, -0.15) is 0 Å². The Hall–Kier alpha value is -1.51. The molecule has 4 unspecified atom stereocenters. The highest BCUT2D eigenvalue weighted by molar-refractivity contribution is 7.84. The van der Waals surface area contributed by atoms with Gasteiger partial charge in [0.25, 0.3) is 0 Å². The van der Waals surface area contributed by atoms with Crippen LogP contribution < -0.4 is 10.2 Å². The number of fused-ring (bicyclic) bond motifs is 1. The van der Waals surface area contributed by atoms with Gasteiger partial charge in [0.05, 0.1) is 27.5 Å². The molecule has 0 radical (unpaired) electrons. The summed E-state index contributed by atoms with van der Waals surface area (Å²) in [6, 6.07) is 4.10. The minimum Gasteiger partial charge on any atom is -0.369 e. The van der Waals surface area contributed by atoms with E-state index in [1.165, 1.54) is 44.8 Å². The first-order valence-corrected chi connectivity index (χ1v) is 13.7. The SMILES string of the molecule is CC1C(CS(=O)c2nc3cc(N4CCCCC4)c(F)cc3[nH]2)NCCC1N1CCCCC1. The molecule has 3 aliphatic rings. The molecular weight excluding hydrogens is 425 g/mol. The Kier molecular flexibility index (Phi) is 6.81. The van der Waals surface area contributed by atoms with Crippen molar-refractivity contribution < 1.29 is 8.60 Å². The normalized spacial score (nSPS) is 28.8. The van der Waals surface area contributed by atoms with Gasteiger partial charge in [0, 0.05) is 37.0 Å². The largest absolute Gasteiger partial charge is 0.369 e. The monoisotopic (exact) mass is 461 g/mol. The van der Waals surface area contributed by atoms with E-state index in [2.05, 4.69) is 32.0 Å². The van der Waals surface area contributed by atoms with Crippen LogP contribution in [0, 0.1) is 11.7 Å². The van der Waals surface area contributed by atoms with E-state index in [-0.39, 0.29) is 11.9 Å². The maximum Gasteiger partial charge on any atom is 0.197 e. The molecule has 8 heteroatoms. The van der Waals surface area contributed by atoms with Crippen LogP contribution in [0.3, 0.4) is 0 Å². The lowest BCUT2D eigenvalue weighted by atomic mass is 9.86. The number of nitrogens with one attached hydrogen (secondary N) is 2. The van der Waals surface area contributed by atoms with Crippen LogP contribution in [-0.2, 0) is 10.8 Å². The Morgan fingerprint density at radius 1 is 1.09 bits per heavy atom. The van der Waals surface area contributed by atoms with Gasteiger partial charge < -0.3 is 20.1 Å². The number of imidazole rings is 1. The summed E-state index contributed by atoms with van der Waals surface area (Å²) < 4.78 is 28.0. The van der Waals surface area contributed by atoms with Crippen LogP contribution in [0.4, 0.5) is 10.1 Å². The number of aromatic amines is 1. The topological polar surface area (TPSA) is 64.3 Å². The summed E-state index contributed by atoms with van der Waals surface area (Å²) in [7, 11) is -1.26. The molecule has 4 heterocycles. The summed E-state index contributed by atoms with van der Waals surface area (Å²) in [6.07, 6.45) is 8.49. The lowest BCUT2D eigenvalue weighted by molar-refractivity contribution is 0.0817. The quantitative estimate of drug-likeness (QED) is 0.712. The average Bonchev–Trinajstić information content (AvgIpc) is 3.24. The number of benzene rings is 1. The van der Waals surface area contributed by atoms with E-state index in [0.29, 0.717) is 39.6 Å². The molecule has 2 N–H and O–H groups in total. The Bertz CT molecular complexity index is 953. The zero-order valence-corrected chi connectivity index (χ0v) is 19.9. The second kappa shape index (κ2) is 9.77. The molecule has 0 spiro atoms. The van der Waals surface area contributed by atoms with Crippen LogP contribution >= 0.6 is 0 Å². The first kappa shape index (κ1) is 22.3. The Labute approximate surface area is 192 Å². The summed E-state index contributed by atoms with van der Waals surface area (Å²) in [4.78, 5) is 12.5. The van der Waals surface area contributed by atoms with E-state index >= 15 is 0 Å². The molecule has 0 bridgehead atoms. The summed E-state index contributed by atoms with van der Waals surface area (Å²) >= 11 is 0. The van der Waals surface area contributed by atoms with Crippen LogP contribution in [0.15, 0.2) is 17.3 Å². The fourth-order valence-electron chi connectivity index (χ4n) is 5.83. The van der Waals surface area contributed by atoms with Gasteiger partial charge in [0.15, 0.2) is 5.16 Å². The van der Waals surface area contributed by atoms with Crippen molar-refractivity contribution in [3.8, 4) is 0 Å². The molecule has 32 heavy (non-hydrogen) atoms. The smallest absolute Gasteiger partial charge is 0.197 e. The highest BCUT2D eigenvalue weighted by atomic mass is 32.2. The molecule has 3 aliphatic heterocycles. The zero-order chi connectivity index (χ0) is 22.1. The molecule has 0 saturated carbocycles. The third-order valence-electron chi connectivity index (χ3n) is 7.72. The van der Waals surface area contributed by atoms with Crippen molar-refractivity contribution in [1.29, 1.82) is 0 Å². The van der Waals surface area contributed by atoms with Crippen molar-refractivity contribution in [3.05, 3.63) is 17.9 Å². The molecule has 176 valence electrons. The van der Waals surface area contributed by atoms with Crippen LogP contribution in [0.25, 0.3) is 11.0 Å². The molecule has 0 aliphatic carbocycles. The van der Waals surface area contributed by atoms with Crippen molar-refractivity contribution in [3.63, 3.8) is 0 Å². The van der Waals surface area contributed by atoms with Crippen molar-refractivity contribution >= 4 is 27.5 Å². The van der Waals surface area contributed by atoms with Gasteiger partial charge in [-0.3, -0.25) is 4.21 Å². The van der Waals surface area contributed by atoms with E-state index in [4.69, 9.17) is 0 Å². The molecule has 2 aromatic rings. The number of aromatic nitrogens is 2. The fraction of sp³-hybridized carbons (Fsp3) is 0.708. The van der Waals surface area contributed by atoms with Crippen molar-refractivity contribution in [2.24, 2.45) is 5.92 Å². The number of piperidine rings is 3. The minimum absolute atomic E-state index is 0.199. The van der Waals surface area contributed by atoms with Gasteiger partial charge in [-0.1, -0.05) is 13.3 Å². The standard InChI is InChI=1S/C24H36FN5OS/c1-17-21(26-9-8-22(17)29-10-4-2-5-11-29)16-32(31)24-27-19-14-18(25)23(15-20(19)28-24)30-12-6-3-7-13-30/h14-15,17,21-22,26H,2-13,16H2,1H3,(H,27,28). The van der Waals surface area contributed by atoms with E-state index < -0.39 is 10.8 Å². The predicted molar refractivity (Wildman–Crippen MR) is 128 cm³/mol. The van der Waals surface area contributed by atoms with Gasteiger partial charge >= 0.3 is 0 Å². The van der Waals surface area contributed by atoms with Gasteiger partial charge in [0.2, 0.25) is 0 Å². The minimum atomic E-state index is -1.26. The predicted octanol–water partition coefficient (Wildman–Crippen LogP) is 3.65. The van der Waals surface area contributed by atoms with E-state index in [0.717, 1.165) is 38.9 Å². The molecule has 1 aromatic heterocycles. The Morgan fingerprint density at radius 3 is 2.56 bits per heavy atom. The van der Waals surface area contributed by atoms with Crippen LogP contribution in [0.1, 0.15) is 51.9 Å². The molecular formula is C24H36FN5OS. The zero-order valence-electron chi connectivity index (χ0n) is 19.1.